The van der Waals surface area contributed by atoms with Crippen LogP contribution in [0.3, 0.4) is 0 Å². The van der Waals surface area contributed by atoms with E-state index in [1.54, 1.807) is 24.3 Å². The Morgan fingerprint density at radius 2 is 2.00 bits per heavy atom. The minimum Gasteiger partial charge on any atom is -0.492 e. The van der Waals surface area contributed by atoms with Gasteiger partial charge in [0.1, 0.15) is 12.4 Å². The molecule has 1 aromatic carbocycles. The van der Waals surface area contributed by atoms with Crippen molar-refractivity contribution in [2.45, 2.75) is 26.3 Å². The van der Waals surface area contributed by atoms with Gasteiger partial charge >= 0.3 is 0 Å². The predicted octanol–water partition coefficient (Wildman–Crippen LogP) is 2.10. The first-order valence-corrected chi connectivity index (χ1v) is 9.79. The zero-order valence-corrected chi connectivity index (χ0v) is 14.2. The number of ether oxygens (including phenoxy) is 1. The number of hydrogen-bond acceptors (Lipinski definition) is 5. The smallest absolute Gasteiger partial charge is 0.215 e. The molecule has 0 aromatic heterocycles. The molecule has 120 valence electrons. The summed E-state index contributed by atoms with van der Waals surface area (Å²) in [6.45, 7) is 4.10. The van der Waals surface area contributed by atoms with E-state index in [1.807, 2.05) is 18.7 Å². The summed E-state index contributed by atoms with van der Waals surface area (Å²) < 4.78 is 31.9. The zero-order valence-electron chi connectivity index (χ0n) is 12.5. The molecule has 1 rings (SSSR count). The number of nitrogens with two attached hydrogens (primary N) is 1. The molecular formula is C14H24N2O3S2. The van der Waals surface area contributed by atoms with E-state index < -0.39 is 10.0 Å². The molecule has 0 aliphatic rings. The maximum Gasteiger partial charge on any atom is 0.215 e. The lowest BCUT2D eigenvalue weighted by molar-refractivity contribution is 0.340. The first kappa shape index (κ1) is 18.1. The molecule has 0 amide bonds. The molecule has 3 N–H and O–H groups in total. The summed E-state index contributed by atoms with van der Waals surface area (Å²) in [4.78, 5) is 0. The Bertz CT molecular complexity index is 503. The fraction of sp³-hybridized carbons (Fsp3) is 0.571. The highest BCUT2D eigenvalue weighted by Gasteiger charge is 2.14. The third-order valence-electron chi connectivity index (χ3n) is 2.78. The molecule has 1 unspecified atom stereocenters. The summed E-state index contributed by atoms with van der Waals surface area (Å²) in [5.74, 6) is 2.58. The van der Waals surface area contributed by atoms with Crippen LogP contribution in [-0.2, 0) is 10.0 Å². The van der Waals surface area contributed by atoms with Crippen LogP contribution >= 0.6 is 11.8 Å². The van der Waals surface area contributed by atoms with Crippen LogP contribution < -0.4 is 15.2 Å². The van der Waals surface area contributed by atoms with Crippen LogP contribution in [0, 0.1) is 0 Å². The van der Waals surface area contributed by atoms with Crippen LogP contribution in [0.25, 0.3) is 0 Å². The quantitative estimate of drug-likeness (QED) is 0.506. The van der Waals surface area contributed by atoms with Gasteiger partial charge in [-0.3, -0.25) is 0 Å². The van der Waals surface area contributed by atoms with Crippen molar-refractivity contribution >= 4 is 27.5 Å². The fourth-order valence-electron chi connectivity index (χ4n) is 1.66. The lowest BCUT2D eigenvalue weighted by Crippen LogP contribution is -2.36. The highest BCUT2D eigenvalue weighted by Crippen LogP contribution is 2.13. The monoisotopic (exact) mass is 332 g/mol. The Morgan fingerprint density at radius 3 is 2.62 bits per heavy atom. The average molecular weight is 332 g/mol. The highest BCUT2D eigenvalue weighted by atomic mass is 32.2. The molecule has 0 aliphatic heterocycles. The third-order valence-corrected chi connectivity index (χ3v) is 5.18. The van der Waals surface area contributed by atoms with Gasteiger partial charge in [-0.15, -0.1) is 0 Å². The Kier molecular flexibility index (Phi) is 7.92. The first-order chi connectivity index (χ1) is 9.93. The van der Waals surface area contributed by atoms with Gasteiger partial charge in [0.15, 0.2) is 0 Å². The van der Waals surface area contributed by atoms with Crippen molar-refractivity contribution in [3.05, 3.63) is 24.3 Å². The van der Waals surface area contributed by atoms with Crippen LogP contribution in [0.4, 0.5) is 5.69 Å². The molecule has 0 spiro atoms. The standard InChI is InChI=1S/C14H24N2O3S2/c1-3-20-10-8-12(2)16-21(17,18)11-9-19-14-6-4-13(15)5-7-14/h4-7,12,16H,3,8-11,15H2,1-2H3. The summed E-state index contributed by atoms with van der Waals surface area (Å²) in [5.41, 5.74) is 6.21. The van der Waals surface area contributed by atoms with Gasteiger partial charge < -0.3 is 10.5 Å². The van der Waals surface area contributed by atoms with Crippen molar-refractivity contribution in [3.63, 3.8) is 0 Å². The minimum atomic E-state index is -3.31. The summed E-state index contributed by atoms with van der Waals surface area (Å²) in [5, 5.41) is 0. The van der Waals surface area contributed by atoms with Gasteiger partial charge in [-0.2, -0.15) is 11.8 Å². The number of sulfonamides is 1. The van der Waals surface area contributed by atoms with Gasteiger partial charge in [0, 0.05) is 11.7 Å². The zero-order chi connectivity index (χ0) is 15.7. The van der Waals surface area contributed by atoms with Gasteiger partial charge in [0.05, 0.1) is 5.75 Å². The molecule has 0 radical (unpaired) electrons. The van der Waals surface area contributed by atoms with Gasteiger partial charge in [-0.1, -0.05) is 6.92 Å². The van der Waals surface area contributed by atoms with E-state index in [0.717, 1.165) is 17.9 Å². The summed E-state index contributed by atoms with van der Waals surface area (Å²) in [7, 11) is -3.31. The number of nitrogens with one attached hydrogen (secondary N) is 1. The molecule has 5 nitrogen and oxygen atoms in total. The van der Waals surface area contributed by atoms with Crippen LogP contribution in [0.2, 0.25) is 0 Å². The predicted molar refractivity (Wildman–Crippen MR) is 90.3 cm³/mol. The minimum absolute atomic E-state index is 0.0504. The van der Waals surface area contributed by atoms with Crippen molar-refractivity contribution in [3.8, 4) is 5.75 Å². The second-order valence-electron chi connectivity index (χ2n) is 4.74. The molecule has 0 fully saturated rings. The normalized spacial score (nSPS) is 13.0. The average Bonchev–Trinajstić information content (AvgIpc) is 2.40. The molecule has 0 heterocycles. The van der Waals surface area contributed by atoms with Gasteiger partial charge in [0.2, 0.25) is 10.0 Å². The Hall–Kier alpha value is -0.920. The van der Waals surface area contributed by atoms with Gasteiger partial charge in [-0.05, 0) is 49.1 Å². The van der Waals surface area contributed by atoms with Gasteiger partial charge in [0.25, 0.3) is 0 Å². The number of anilines is 1. The molecule has 1 atom stereocenters. The van der Waals surface area contributed by atoms with Crippen LogP contribution in [0.1, 0.15) is 20.3 Å². The first-order valence-electron chi connectivity index (χ1n) is 6.99. The number of nitrogen functional groups attached to an aromatic ring is 1. The largest absolute Gasteiger partial charge is 0.492 e. The Balaban J connectivity index is 2.30. The topological polar surface area (TPSA) is 81.4 Å². The molecular weight excluding hydrogens is 308 g/mol. The van der Waals surface area contributed by atoms with Crippen molar-refractivity contribution < 1.29 is 13.2 Å². The molecule has 0 aliphatic carbocycles. The lowest BCUT2D eigenvalue weighted by Gasteiger charge is -2.14. The number of rotatable bonds is 10. The molecule has 0 bridgehead atoms. The maximum absolute atomic E-state index is 11.9. The molecule has 21 heavy (non-hydrogen) atoms. The Labute approximate surface area is 131 Å². The van der Waals surface area contributed by atoms with E-state index in [2.05, 4.69) is 11.6 Å². The van der Waals surface area contributed by atoms with Crippen LogP contribution in [0.15, 0.2) is 24.3 Å². The van der Waals surface area contributed by atoms with E-state index in [9.17, 15) is 8.42 Å². The van der Waals surface area contributed by atoms with E-state index >= 15 is 0 Å². The number of thioether (sulfide) groups is 1. The van der Waals surface area contributed by atoms with Gasteiger partial charge in [-0.25, -0.2) is 13.1 Å². The SMILES string of the molecule is CCSCCC(C)NS(=O)(=O)CCOc1ccc(N)cc1. The summed E-state index contributed by atoms with van der Waals surface area (Å²) in [6, 6.07) is 6.83. The van der Waals surface area contributed by atoms with Crippen molar-refractivity contribution in [1.82, 2.24) is 4.72 Å². The van der Waals surface area contributed by atoms with E-state index in [-0.39, 0.29) is 18.4 Å². The van der Waals surface area contributed by atoms with E-state index in [4.69, 9.17) is 10.5 Å². The molecule has 0 saturated carbocycles. The number of benzene rings is 1. The molecule has 1 aromatic rings. The second kappa shape index (κ2) is 9.17. The molecule has 7 heteroatoms. The van der Waals surface area contributed by atoms with Crippen molar-refractivity contribution in [2.75, 3.05) is 29.6 Å². The summed E-state index contributed by atoms with van der Waals surface area (Å²) in [6.07, 6.45) is 0.830. The maximum atomic E-state index is 11.9. The Morgan fingerprint density at radius 1 is 1.33 bits per heavy atom. The van der Waals surface area contributed by atoms with Crippen molar-refractivity contribution in [1.29, 1.82) is 0 Å². The lowest BCUT2D eigenvalue weighted by atomic mass is 10.3. The second-order valence-corrected chi connectivity index (χ2v) is 8.01. The fourth-order valence-corrected chi connectivity index (χ4v) is 3.62. The third kappa shape index (κ3) is 8.18. The van der Waals surface area contributed by atoms with Crippen LogP contribution in [0.5, 0.6) is 5.75 Å². The highest BCUT2D eigenvalue weighted by molar-refractivity contribution is 7.99. The van der Waals surface area contributed by atoms with Crippen LogP contribution in [-0.4, -0.2) is 38.3 Å². The van der Waals surface area contributed by atoms with E-state index in [0.29, 0.717) is 11.4 Å². The number of hydrogen-bond donors (Lipinski definition) is 2. The van der Waals surface area contributed by atoms with Crippen molar-refractivity contribution in [2.24, 2.45) is 0 Å². The summed E-state index contributed by atoms with van der Waals surface area (Å²) >= 11 is 1.81. The van der Waals surface area contributed by atoms with E-state index in [1.165, 1.54) is 0 Å². The molecule has 0 saturated heterocycles.